The van der Waals surface area contributed by atoms with Gasteiger partial charge in [-0.2, -0.15) is 0 Å². The maximum absolute atomic E-state index is 11.7. The zero-order chi connectivity index (χ0) is 18.0. The van der Waals surface area contributed by atoms with Gasteiger partial charge in [0.25, 0.3) is 0 Å². The SMILES string of the molecule is CN(C[C@@H]1N[C@H](CO)[C@@H]1c1ccc(C2=CCCCC2)cc1)S(C)(=O)=O. The largest absolute Gasteiger partial charge is 0.395 e. The smallest absolute Gasteiger partial charge is 0.211 e. The fraction of sp³-hybridized carbons (Fsp3) is 0.579. The Morgan fingerprint density at radius 3 is 2.48 bits per heavy atom. The predicted molar refractivity (Wildman–Crippen MR) is 101 cm³/mol. The Morgan fingerprint density at radius 2 is 1.92 bits per heavy atom. The second-order valence-electron chi connectivity index (χ2n) is 7.23. The summed E-state index contributed by atoms with van der Waals surface area (Å²) in [6.07, 6.45) is 8.40. The lowest BCUT2D eigenvalue weighted by molar-refractivity contribution is 0.118. The number of nitrogens with zero attached hydrogens (tertiary/aromatic N) is 1. The Bertz CT molecular complexity index is 728. The van der Waals surface area contributed by atoms with Gasteiger partial charge in [-0.05, 0) is 42.4 Å². The first-order valence-electron chi connectivity index (χ1n) is 8.97. The van der Waals surface area contributed by atoms with Crippen molar-refractivity contribution in [3.63, 3.8) is 0 Å². The summed E-state index contributed by atoms with van der Waals surface area (Å²) in [6.45, 7) is 0.462. The van der Waals surface area contributed by atoms with Crippen LogP contribution in [0.4, 0.5) is 0 Å². The van der Waals surface area contributed by atoms with Gasteiger partial charge in [0.05, 0.1) is 12.9 Å². The molecular weight excluding hydrogens is 336 g/mol. The first-order valence-corrected chi connectivity index (χ1v) is 10.8. The van der Waals surface area contributed by atoms with Gasteiger partial charge in [0.15, 0.2) is 0 Å². The fourth-order valence-corrected chi connectivity index (χ4v) is 4.30. The second kappa shape index (κ2) is 7.58. The van der Waals surface area contributed by atoms with E-state index in [0.29, 0.717) is 6.54 Å². The van der Waals surface area contributed by atoms with Crippen molar-refractivity contribution in [1.29, 1.82) is 0 Å². The molecule has 25 heavy (non-hydrogen) atoms. The summed E-state index contributed by atoms with van der Waals surface area (Å²) in [4.78, 5) is 0. The number of benzene rings is 1. The number of sulfonamides is 1. The average molecular weight is 365 g/mol. The van der Waals surface area contributed by atoms with Crippen LogP contribution >= 0.6 is 0 Å². The number of aliphatic hydroxyl groups excluding tert-OH is 1. The van der Waals surface area contributed by atoms with Crippen molar-refractivity contribution in [3.05, 3.63) is 41.5 Å². The molecule has 5 nitrogen and oxygen atoms in total. The van der Waals surface area contributed by atoms with Crippen molar-refractivity contribution in [3.8, 4) is 0 Å². The van der Waals surface area contributed by atoms with Crippen LogP contribution in [-0.4, -0.2) is 56.4 Å². The Kier molecular flexibility index (Phi) is 5.63. The molecule has 1 aliphatic carbocycles. The first-order chi connectivity index (χ1) is 11.9. The third-order valence-electron chi connectivity index (χ3n) is 5.47. The van der Waals surface area contributed by atoms with Crippen molar-refractivity contribution in [2.45, 2.75) is 43.7 Å². The van der Waals surface area contributed by atoms with Gasteiger partial charge in [0.1, 0.15) is 0 Å². The van der Waals surface area contributed by atoms with E-state index in [9.17, 15) is 13.5 Å². The highest BCUT2D eigenvalue weighted by atomic mass is 32.2. The molecule has 0 bridgehead atoms. The summed E-state index contributed by atoms with van der Waals surface area (Å²) in [5, 5.41) is 12.9. The topological polar surface area (TPSA) is 69.6 Å². The Labute approximate surface area is 150 Å². The van der Waals surface area contributed by atoms with Crippen LogP contribution in [0.2, 0.25) is 0 Å². The molecule has 0 spiro atoms. The predicted octanol–water partition coefficient (Wildman–Crippen LogP) is 1.95. The highest BCUT2D eigenvalue weighted by Crippen LogP contribution is 2.34. The third-order valence-corrected chi connectivity index (χ3v) is 6.75. The molecule has 2 N–H and O–H groups in total. The lowest BCUT2D eigenvalue weighted by Crippen LogP contribution is -2.64. The lowest BCUT2D eigenvalue weighted by atomic mass is 9.77. The molecule has 1 aromatic rings. The van der Waals surface area contributed by atoms with E-state index in [-0.39, 0.29) is 24.6 Å². The molecule has 0 unspecified atom stereocenters. The molecule has 0 radical (unpaired) electrons. The van der Waals surface area contributed by atoms with E-state index in [1.54, 1.807) is 7.05 Å². The normalized spacial score (nSPS) is 27.0. The summed E-state index contributed by atoms with van der Waals surface area (Å²) in [6, 6.07) is 8.60. The van der Waals surface area contributed by atoms with Crippen LogP contribution in [-0.2, 0) is 10.0 Å². The molecule has 0 aromatic heterocycles. The molecule has 0 saturated carbocycles. The molecule has 138 valence electrons. The first kappa shape index (κ1) is 18.6. The molecule has 1 heterocycles. The van der Waals surface area contributed by atoms with E-state index in [2.05, 4.69) is 35.7 Å². The molecule has 3 atom stereocenters. The second-order valence-corrected chi connectivity index (χ2v) is 9.32. The van der Waals surface area contributed by atoms with Gasteiger partial charge in [0, 0.05) is 31.6 Å². The van der Waals surface area contributed by atoms with Crippen LogP contribution in [0, 0.1) is 0 Å². The molecule has 2 aliphatic rings. The van der Waals surface area contributed by atoms with Crippen molar-refractivity contribution < 1.29 is 13.5 Å². The van der Waals surface area contributed by atoms with Crippen molar-refractivity contribution in [2.75, 3.05) is 26.5 Å². The number of hydrogen-bond donors (Lipinski definition) is 2. The summed E-state index contributed by atoms with van der Waals surface area (Å²) >= 11 is 0. The summed E-state index contributed by atoms with van der Waals surface area (Å²) < 4.78 is 24.7. The molecule has 0 amide bonds. The number of likely N-dealkylation sites (N-methyl/N-ethyl adjacent to an activating group) is 1. The van der Waals surface area contributed by atoms with Crippen LogP contribution in [0.1, 0.15) is 42.7 Å². The minimum Gasteiger partial charge on any atom is -0.395 e. The summed E-state index contributed by atoms with van der Waals surface area (Å²) in [7, 11) is -1.61. The zero-order valence-electron chi connectivity index (χ0n) is 15.0. The van der Waals surface area contributed by atoms with Crippen molar-refractivity contribution >= 4 is 15.6 Å². The van der Waals surface area contributed by atoms with E-state index in [0.717, 1.165) is 18.4 Å². The minimum atomic E-state index is -3.20. The van der Waals surface area contributed by atoms with E-state index < -0.39 is 10.0 Å². The van der Waals surface area contributed by atoms with Gasteiger partial charge in [-0.1, -0.05) is 30.3 Å². The van der Waals surface area contributed by atoms with Crippen molar-refractivity contribution in [1.82, 2.24) is 9.62 Å². The monoisotopic (exact) mass is 364 g/mol. The van der Waals surface area contributed by atoms with Crippen LogP contribution in [0.5, 0.6) is 0 Å². The molecule has 3 rings (SSSR count). The summed E-state index contributed by atoms with van der Waals surface area (Å²) in [5.74, 6) is 0.128. The number of nitrogens with one attached hydrogen (secondary N) is 1. The maximum Gasteiger partial charge on any atom is 0.211 e. The van der Waals surface area contributed by atoms with Crippen LogP contribution in [0.3, 0.4) is 0 Å². The average Bonchev–Trinajstić information content (AvgIpc) is 2.58. The molecular formula is C19H28N2O3S. The third kappa shape index (κ3) is 4.14. The lowest BCUT2D eigenvalue weighted by Gasteiger charge is -2.47. The van der Waals surface area contributed by atoms with Gasteiger partial charge in [-0.3, -0.25) is 0 Å². The van der Waals surface area contributed by atoms with Gasteiger partial charge in [-0.15, -0.1) is 0 Å². The highest BCUT2D eigenvalue weighted by Gasteiger charge is 2.42. The maximum atomic E-state index is 11.7. The van der Waals surface area contributed by atoms with Crippen LogP contribution < -0.4 is 5.32 Å². The number of allylic oxidation sites excluding steroid dienone is 2. The van der Waals surface area contributed by atoms with Gasteiger partial charge in [-0.25, -0.2) is 12.7 Å². The molecule has 1 saturated heterocycles. The van der Waals surface area contributed by atoms with E-state index in [1.165, 1.54) is 34.5 Å². The number of aliphatic hydroxyl groups is 1. The zero-order valence-corrected chi connectivity index (χ0v) is 15.8. The Balaban J connectivity index is 1.74. The fourth-order valence-electron chi connectivity index (χ4n) is 3.87. The molecule has 6 heteroatoms. The molecule has 1 fully saturated rings. The van der Waals surface area contributed by atoms with E-state index >= 15 is 0 Å². The Hall–Kier alpha value is -1.21. The van der Waals surface area contributed by atoms with E-state index in [1.807, 2.05) is 0 Å². The molecule has 1 aliphatic heterocycles. The number of hydrogen-bond acceptors (Lipinski definition) is 4. The van der Waals surface area contributed by atoms with Crippen LogP contribution in [0.25, 0.3) is 5.57 Å². The minimum absolute atomic E-state index is 0.0160. The van der Waals surface area contributed by atoms with Crippen molar-refractivity contribution in [2.24, 2.45) is 0 Å². The number of rotatable bonds is 6. The Morgan fingerprint density at radius 1 is 1.20 bits per heavy atom. The quantitative estimate of drug-likeness (QED) is 0.809. The van der Waals surface area contributed by atoms with Crippen LogP contribution in [0.15, 0.2) is 30.3 Å². The van der Waals surface area contributed by atoms with Gasteiger partial charge >= 0.3 is 0 Å². The summed E-state index contributed by atoms with van der Waals surface area (Å²) in [5.41, 5.74) is 3.86. The van der Waals surface area contributed by atoms with Gasteiger partial charge < -0.3 is 10.4 Å². The van der Waals surface area contributed by atoms with E-state index in [4.69, 9.17) is 0 Å². The highest BCUT2D eigenvalue weighted by molar-refractivity contribution is 7.88. The van der Waals surface area contributed by atoms with Gasteiger partial charge in [0.2, 0.25) is 10.0 Å². The standard InChI is InChI=1S/C19H28N2O3S/c1-21(25(2,23)24)12-17-19(18(13-22)20-17)16-10-8-15(9-11-16)14-6-4-3-5-7-14/h6,8-11,17-20,22H,3-5,7,12-13H2,1-2H3/t17-,18+,19+/m0/s1. The molecule has 1 aromatic carbocycles.